The van der Waals surface area contributed by atoms with E-state index in [4.69, 9.17) is 4.42 Å². The van der Waals surface area contributed by atoms with Gasteiger partial charge >= 0.3 is 6.01 Å². The van der Waals surface area contributed by atoms with Crippen LogP contribution >= 0.6 is 11.3 Å². The average molecular weight is 406 g/mol. The van der Waals surface area contributed by atoms with Gasteiger partial charge in [0.25, 0.3) is 11.8 Å². The van der Waals surface area contributed by atoms with Crippen molar-refractivity contribution in [3.05, 3.63) is 40.5 Å². The lowest BCUT2D eigenvalue weighted by molar-refractivity contribution is 0.102. The quantitative estimate of drug-likeness (QED) is 0.691. The highest BCUT2D eigenvalue weighted by molar-refractivity contribution is 7.92. The third-order valence-electron chi connectivity index (χ3n) is 3.81. The number of benzene rings is 1. The molecule has 27 heavy (non-hydrogen) atoms. The zero-order valence-electron chi connectivity index (χ0n) is 15.2. The van der Waals surface area contributed by atoms with Gasteiger partial charge < -0.3 is 4.42 Å². The van der Waals surface area contributed by atoms with E-state index in [1.54, 1.807) is 13.8 Å². The summed E-state index contributed by atoms with van der Waals surface area (Å²) in [6, 6.07) is 5.66. The number of hydrogen-bond donors (Lipinski definition) is 1. The molecule has 0 aliphatic carbocycles. The summed E-state index contributed by atoms with van der Waals surface area (Å²) in [5.41, 5.74) is 1.06. The van der Waals surface area contributed by atoms with Crippen molar-refractivity contribution >= 4 is 33.1 Å². The highest BCUT2D eigenvalue weighted by Crippen LogP contribution is 2.29. The third kappa shape index (κ3) is 3.91. The Kier molecular flexibility index (Phi) is 5.11. The standard InChI is InChI=1S/C17H18N4O4S2/c1-9(2)27(23,24)13-7-5-12(6-8-13)15(22)19-17-21-20-16(25-17)14-10(3)18-11(4)26-14/h5-9H,1-4H3,(H,19,21,22). The van der Waals surface area contributed by atoms with Crippen molar-refractivity contribution in [3.63, 3.8) is 0 Å². The van der Waals surface area contributed by atoms with Crippen molar-refractivity contribution in [2.45, 2.75) is 37.8 Å². The number of aryl methyl sites for hydroxylation is 2. The van der Waals surface area contributed by atoms with Crippen LogP contribution in [0.15, 0.2) is 33.6 Å². The molecule has 8 nitrogen and oxygen atoms in total. The van der Waals surface area contributed by atoms with E-state index in [0.29, 0.717) is 0 Å². The lowest BCUT2D eigenvalue weighted by Crippen LogP contribution is -2.15. The van der Waals surface area contributed by atoms with E-state index in [2.05, 4.69) is 20.5 Å². The van der Waals surface area contributed by atoms with Crippen LogP contribution in [0.25, 0.3) is 10.8 Å². The monoisotopic (exact) mass is 406 g/mol. The number of hydrogen-bond acceptors (Lipinski definition) is 8. The second kappa shape index (κ2) is 7.20. The molecule has 0 fully saturated rings. The number of sulfone groups is 1. The Morgan fingerprint density at radius 1 is 1.15 bits per heavy atom. The largest absolute Gasteiger partial charge is 0.402 e. The second-order valence-electron chi connectivity index (χ2n) is 6.13. The molecule has 1 amide bonds. The minimum Gasteiger partial charge on any atom is -0.402 e. The van der Waals surface area contributed by atoms with Gasteiger partial charge in [-0.2, -0.15) is 0 Å². The first-order valence-electron chi connectivity index (χ1n) is 8.11. The first-order chi connectivity index (χ1) is 12.7. The van der Waals surface area contributed by atoms with E-state index in [-0.39, 0.29) is 22.4 Å². The lowest BCUT2D eigenvalue weighted by atomic mass is 10.2. The highest BCUT2D eigenvalue weighted by Gasteiger charge is 2.20. The first kappa shape index (κ1) is 19.2. The molecule has 3 aromatic rings. The predicted molar refractivity (Wildman–Crippen MR) is 102 cm³/mol. The van der Waals surface area contributed by atoms with Crippen molar-refractivity contribution in [1.29, 1.82) is 0 Å². The lowest BCUT2D eigenvalue weighted by Gasteiger charge is -2.08. The number of rotatable bonds is 5. The molecule has 10 heteroatoms. The van der Waals surface area contributed by atoms with Gasteiger partial charge in [-0.15, -0.1) is 16.4 Å². The minimum atomic E-state index is -3.39. The smallest absolute Gasteiger partial charge is 0.322 e. The highest BCUT2D eigenvalue weighted by atomic mass is 32.2. The molecule has 0 unspecified atom stereocenters. The molecule has 142 valence electrons. The molecule has 0 aliphatic rings. The molecule has 3 rings (SSSR count). The zero-order chi connectivity index (χ0) is 19.8. The summed E-state index contributed by atoms with van der Waals surface area (Å²) in [6.07, 6.45) is 0. The molecule has 2 heterocycles. The van der Waals surface area contributed by atoms with Crippen LogP contribution in [0.3, 0.4) is 0 Å². The van der Waals surface area contributed by atoms with Crippen molar-refractivity contribution in [2.24, 2.45) is 0 Å². The molecule has 0 radical (unpaired) electrons. The molecule has 0 bridgehead atoms. The minimum absolute atomic E-state index is 0.0423. The van der Waals surface area contributed by atoms with Crippen LogP contribution < -0.4 is 5.32 Å². The summed E-state index contributed by atoms with van der Waals surface area (Å²) in [7, 11) is -3.39. The Bertz CT molecular complexity index is 1080. The molecule has 0 atom stereocenters. The van der Waals surface area contributed by atoms with Gasteiger partial charge in [-0.1, -0.05) is 5.10 Å². The summed E-state index contributed by atoms with van der Waals surface area (Å²) >= 11 is 1.43. The van der Waals surface area contributed by atoms with Crippen LogP contribution in [0.2, 0.25) is 0 Å². The van der Waals surface area contributed by atoms with Gasteiger partial charge in [0.1, 0.15) is 4.88 Å². The first-order valence-corrected chi connectivity index (χ1v) is 10.5. The van der Waals surface area contributed by atoms with Crippen LogP contribution in [0, 0.1) is 13.8 Å². The molecule has 1 N–H and O–H groups in total. The van der Waals surface area contributed by atoms with Crippen LogP contribution in [0.4, 0.5) is 6.01 Å². The van der Waals surface area contributed by atoms with Crippen LogP contribution in [0.5, 0.6) is 0 Å². The van der Waals surface area contributed by atoms with Crippen molar-refractivity contribution < 1.29 is 17.6 Å². The summed E-state index contributed by atoms with van der Waals surface area (Å²) in [6.45, 7) is 6.93. The Labute approximate surface area is 160 Å². The SMILES string of the molecule is Cc1nc(C)c(-c2nnc(NC(=O)c3ccc(S(=O)(=O)C(C)C)cc3)o2)s1. The Morgan fingerprint density at radius 3 is 2.37 bits per heavy atom. The van der Waals surface area contributed by atoms with Gasteiger partial charge in [0.05, 0.1) is 20.8 Å². The van der Waals surface area contributed by atoms with Gasteiger partial charge in [-0.05, 0) is 52.0 Å². The van der Waals surface area contributed by atoms with E-state index in [1.807, 2.05) is 13.8 Å². The summed E-state index contributed by atoms with van der Waals surface area (Å²) in [4.78, 5) is 17.6. The summed E-state index contributed by atoms with van der Waals surface area (Å²) in [5, 5.41) is 10.6. The normalized spacial score (nSPS) is 11.7. The molecule has 0 saturated carbocycles. The number of amides is 1. The van der Waals surface area contributed by atoms with E-state index >= 15 is 0 Å². The molecule has 0 aliphatic heterocycles. The summed E-state index contributed by atoms with van der Waals surface area (Å²) in [5.74, 6) is -0.192. The predicted octanol–water partition coefficient (Wildman–Crippen LogP) is 3.24. The number of nitrogens with zero attached hydrogens (tertiary/aromatic N) is 3. The van der Waals surface area contributed by atoms with Gasteiger partial charge in [0.2, 0.25) is 0 Å². The van der Waals surface area contributed by atoms with Crippen molar-refractivity contribution in [1.82, 2.24) is 15.2 Å². The van der Waals surface area contributed by atoms with E-state index in [1.165, 1.54) is 35.6 Å². The fraction of sp³-hybridized carbons (Fsp3) is 0.294. The number of nitrogens with one attached hydrogen (secondary N) is 1. The number of thiazole rings is 1. The number of aromatic nitrogens is 3. The molecule has 2 aromatic heterocycles. The Hall–Kier alpha value is -2.59. The molecular formula is C17H18N4O4S2. The summed E-state index contributed by atoms with van der Waals surface area (Å²) < 4.78 is 29.8. The topological polar surface area (TPSA) is 115 Å². The zero-order valence-corrected chi connectivity index (χ0v) is 16.8. The van der Waals surface area contributed by atoms with Crippen molar-refractivity contribution in [3.8, 4) is 10.8 Å². The van der Waals surface area contributed by atoms with Crippen LogP contribution in [-0.4, -0.2) is 34.8 Å². The van der Waals surface area contributed by atoms with Crippen molar-refractivity contribution in [2.75, 3.05) is 5.32 Å². The van der Waals surface area contributed by atoms with Gasteiger partial charge in [0, 0.05) is 5.56 Å². The fourth-order valence-corrected chi connectivity index (χ4v) is 4.23. The van der Waals surface area contributed by atoms with Gasteiger partial charge in [-0.3, -0.25) is 10.1 Å². The number of anilines is 1. The van der Waals surface area contributed by atoms with Gasteiger partial charge in [0.15, 0.2) is 9.84 Å². The van der Waals surface area contributed by atoms with E-state index < -0.39 is 21.0 Å². The molecule has 1 aromatic carbocycles. The van der Waals surface area contributed by atoms with E-state index in [0.717, 1.165) is 15.6 Å². The molecule has 0 spiro atoms. The Balaban J connectivity index is 1.76. The second-order valence-corrected chi connectivity index (χ2v) is 9.84. The average Bonchev–Trinajstić information content (AvgIpc) is 3.20. The maximum Gasteiger partial charge on any atom is 0.322 e. The van der Waals surface area contributed by atoms with E-state index in [9.17, 15) is 13.2 Å². The van der Waals surface area contributed by atoms with Crippen LogP contribution in [-0.2, 0) is 9.84 Å². The Morgan fingerprint density at radius 2 is 1.81 bits per heavy atom. The maximum atomic E-state index is 12.3. The van der Waals surface area contributed by atoms with Gasteiger partial charge in [-0.25, -0.2) is 13.4 Å². The number of carbonyl (C=O) groups excluding carboxylic acids is 1. The maximum absolute atomic E-state index is 12.3. The third-order valence-corrected chi connectivity index (χ3v) is 7.04. The van der Waals surface area contributed by atoms with Crippen LogP contribution in [0.1, 0.15) is 34.9 Å². The molecule has 0 saturated heterocycles. The fourth-order valence-electron chi connectivity index (χ4n) is 2.33. The molecular weight excluding hydrogens is 388 g/mol. The number of carbonyl (C=O) groups is 1.